The van der Waals surface area contributed by atoms with E-state index >= 15 is 0 Å². The van der Waals surface area contributed by atoms with E-state index in [4.69, 9.17) is 0 Å². The molecule has 120 valence electrons. The van der Waals surface area contributed by atoms with Crippen molar-refractivity contribution in [1.29, 1.82) is 0 Å². The van der Waals surface area contributed by atoms with Gasteiger partial charge in [0, 0.05) is 12.7 Å². The van der Waals surface area contributed by atoms with Gasteiger partial charge in [0.05, 0.1) is 5.69 Å². The van der Waals surface area contributed by atoms with Crippen molar-refractivity contribution < 1.29 is 0 Å². The molecule has 0 aliphatic heterocycles. The van der Waals surface area contributed by atoms with E-state index in [1.54, 1.807) is 0 Å². The summed E-state index contributed by atoms with van der Waals surface area (Å²) in [5, 5.41) is 3.58. The molecular formula is C19H34N2. The molecule has 0 fully saturated rings. The van der Waals surface area contributed by atoms with Gasteiger partial charge < -0.3 is 5.32 Å². The van der Waals surface area contributed by atoms with Gasteiger partial charge in [-0.3, -0.25) is 4.98 Å². The van der Waals surface area contributed by atoms with E-state index in [0.29, 0.717) is 5.41 Å². The van der Waals surface area contributed by atoms with E-state index in [2.05, 4.69) is 57.1 Å². The normalized spacial score (nSPS) is 13.6. The number of hydrogen-bond donors (Lipinski definition) is 1. The van der Waals surface area contributed by atoms with Gasteiger partial charge in [-0.15, -0.1) is 0 Å². The SMILES string of the molecule is CC(C)C(CCCCC(C)(C)C)CNCc1ccccn1. The maximum absolute atomic E-state index is 4.36. The molecule has 1 heterocycles. The maximum Gasteiger partial charge on any atom is 0.0541 e. The quantitative estimate of drug-likeness (QED) is 0.644. The van der Waals surface area contributed by atoms with Crippen molar-refractivity contribution in [3.05, 3.63) is 30.1 Å². The average Bonchev–Trinajstić information content (AvgIpc) is 2.41. The Labute approximate surface area is 131 Å². The lowest BCUT2D eigenvalue weighted by atomic mass is 9.86. The minimum atomic E-state index is 0.477. The van der Waals surface area contributed by atoms with Crippen molar-refractivity contribution in [2.75, 3.05) is 6.54 Å². The van der Waals surface area contributed by atoms with Crippen LogP contribution < -0.4 is 5.32 Å². The zero-order valence-corrected chi connectivity index (χ0v) is 14.7. The Morgan fingerprint density at radius 2 is 1.90 bits per heavy atom. The van der Waals surface area contributed by atoms with E-state index in [0.717, 1.165) is 30.6 Å². The van der Waals surface area contributed by atoms with Crippen molar-refractivity contribution in [3.8, 4) is 0 Å². The molecule has 2 nitrogen and oxygen atoms in total. The Hall–Kier alpha value is -0.890. The van der Waals surface area contributed by atoms with Gasteiger partial charge in [0.2, 0.25) is 0 Å². The number of rotatable bonds is 9. The predicted molar refractivity (Wildman–Crippen MR) is 92.2 cm³/mol. The molecule has 0 radical (unpaired) electrons. The average molecular weight is 290 g/mol. The van der Waals surface area contributed by atoms with Gasteiger partial charge in [-0.05, 0) is 48.8 Å². The van der Waals surface area contributed by atoms with Gasteiger partial charge in [-0.1, -0.05) is 53.5 Å². The lowest BCUT2D eigenvalue weighted by Gasteiger charge is -2.23. The molecule has 0 saturated carbocycles. The Balaban J connectivity index is 2.24. The van der Waals surface area contributed by atoms with E-state index < -0.39 is 0 Å². The minimum absolute atomic E-state index is 0.477. The molecule has 0 saturated heterocycles. The molecule has 0 bridgehead atoms. The van der Waals surface area contributed by atoms with Crippen molar-refractivity contribution in [1.82, 2.24) is 10.3 Å². The van der Waals surface area contributed by atoms with Crippen molar-refractivity contribution in [3.63, 3.8) is 0 Å². The largest absolute Gasteiger partial charge is 0.311 e. The number of pyridine rings is 1. The second kappa shape index (κ2) is 9.19. The summed E-state index contributed by atoms with van der Waals surface area (Å²) in [5.41, 5.74) is 1.61. The molecule has 0 aliphatic rings. The second-order valence-electron chi connectivity index (χ2n) is 7.76. The first-order chi connectivity index (χ1) is 9.88. The van der Waals surface area contributed by atoms with Gasteiger partial charge in [0.15, 0.2) is 0 Å². The standard InChI is InChI=1S/C19H34N2/c1-16(2)17(10-6-8-12-19(3,4)5)14-20-15-18-11-7-9-13-21-18/h7,9,11,13,16-17,20H,6,8,10,12,14-15H2,1-5H3. The first kappa shape index (κ1) is 18.2. The van der Waals surface area contributed by atoms with E-state index in [1.807, 2.05) is 12.3 Å². The van der Waals surface area contributed by atoms with Gasteiger partial charge >= 0.3 is 0 Å². The van der Waals surface area contributed by atoms with E-state index in [9.17, 15) is 0 Å². The smallest absolute Gasteiger partial charge is 0.0541 e. The van der Waals surface area contributed by atoms with E-state index in [-0.39, 0.29) is 0 Å². The fourth-order valence-corrected chi connectivity index (χ4v) is 2.62. The Kier molecular flexibility index (Phi) is 7.95. The monoisotopic (exact) mass is 290 g/mol. The summed E-state index contributed by atoms with van der Waals surface area (Å²) in [6.45, 7) is 13.7. The summed E-state index contributed by atoms with van der Waals surface area (Å²) >= 11 is 0. The molecule has 0 aromatic carbocycles. The van der Waals surface area contributed by atoms with Gasteiger partial charge in [-0.2, -0.15) is 0 Å². The highest BCUT2D eigenvalue weighted by Crippen LogP contribution is 2.24. The first-order valence-corrected chi connectivity index (χ1v) is 8.49. The highest BCUT2D eigenvalue weighted by Gasteiger charge is 2.14. The summed E-state index contributed by atoms with van der Waals surface area (Å²) < 4.78 is 0. The van der Waals surface area contributed by atoms with Crippen molar-refractivity contribution in [2.45, 2.75) is 66.8 Å². The van der Waals surface area contributed by atoms with Crippen LogP contribution >= 0.6 is 0 Å². The number of hydrogen-bond acceptors (Lipinski definition) is 2. The zero-order chi connectivity index (χ0) is 15.7. The Morgan fingerprint density at radius 3 is 2.48 bits per heavy atom. The number of aromatic nitrogens is 1. The lowest BCUT2D eigenvalue weighted by Crippen LogP contribution is -2.26. The molecule has 1 rings (SSSR count). The summed E-state index contributed by atoms with van der Waals surface area (Å²) in [4.78, 5) is 4.36. The molecule has 1 aromatic heterocycles. The number of nitrogens with one attached hydrogen (secondary N) is 1. The molecule has 2 heteroatoms. The van der Waals surface area contributed by atoms with Crippen LogP contribution in [0.25, 0.3) is 0 Å². The van der Waals surface area contributed by atoms with Gasteiger partial charge in [0.1, 0.15) is 0 Å². The predicted octanol–water partition coefficient (Wildman–Crippen LogP) is 5.05. The molecule has 21 heavy (non-hydrogen) atoms. The highest BCUT2D eigenvalue weighted by molar-refractivity contribution is 5.02. The third-order valence-corrected chi connectivity index (χ3v) is 4.13. The zero-order valence-electron chi connectivity index (χ0n) is 14.7. The van der Waals surface area contributed by atoms with Crippen LogP contribution in [-0.4, -0.2) is 11.5 Å². The van der Waals surface area contributed by atoms with Crippen LogP contribution in [0.15, 0.2) is 24.4 Å². The molecule has 0 aliphatic carbocycles. The molecule has 0 amide bonds. The maximum atomic E-state index is 4.36. The molecule has 0 spiro atoms. The second-order valence-corrected chi connectivity index (χ2v) is 7.76. The van der Waals surface area contributed by atoms with Crippen LogP contribution in [0.3, 0.4) is 0 Å². The third kappa shape index (κ3) is 8.87. The number of unbranched alkanes of at least 4 members (excludes halogenated alkanes) is 1. The van der Waals surface area contributed by atoms with Crippen LogP contribution in [-0.2, 0) is 6.54 Å². The van der Waals surface area contributed by atoms with Crippen LogP contribution in [0, 0.1) is 17.3 Å². The minimum Gasteiger partial charge on any atom is -0.311 e. The summed E-state index contributed by atoms with van der Waals surface area (Å²) in [6, 6.07) is 6.10. The van der Waals surface area contributed by atoms with Crippen molar-refractivity contribution in [2.24, 2.45) is 17.3 Å². The van der Waals surface area contributed by atoms with Gasteiger partial charge in [-0.25, -0.2) is 0 Å². The molecule has 1 atom stereocenters. The van der Waals surface area contributed by atoms with E-state index in [1.165, 1.54) is 25.7 Å². The molecule has 1 unspecified atom stereocenters. The fraction of sp³-hybridized carbons (Fsp3) is 0.737. The number of nitrogens with zero attached hydrogens (tertiary/aromatic N) is 1. The molecule has 1 N–H and O–H groups in total. The van der Waals surface area contributed by atoms with Crippen LogP contribution in [0.4, 0.5) is 0 Å². The summed E-state index contributed by atoms with van der Waals surface area (Å²) in [6.07, 6.45) is 7.24. The Bertz CT molecular complexity index is 365. The fourth-order valence-electron chi connectivity index (χ4n) is 2.62. The molecular weight excluding hydrogens is 256 g/mol. The van der Waals surface area contributed by atoms with Crippen LogP contribution in [0.5, 0.6) is 0 Å². The van der Waals surface area contributed by atoms with Crippen molar-refractivity contribution >= 4 is 0 Å². The third-order valence-electron chi connectivity index (χ3n) is 4.13. The summed E-state index contributed by atoms with van der Waals surface area (Å²) in [7, 11) is 0. The topological polar surface area (TPSA) is 24.9 Å². The lowest BCUT2D eigenvalue weighted by molar-refractivity contribution is 0.307. The summed E-state index contributed by atoms with van der Waals surface area (Å²) in [5.74, 6) is 1.52. The highest BCUT2D eigenvalue weighted by atomic mass is 14.9. The Morgan fingerprint density at radius 1 is 1.14 bits per heavy atom. The van der Waals surface area contributed by atoms with Crippen LogP contribution in [0.1, 0.15) is 66.0 Å². The first-order valence-electron chi connectivity index (χ1n) is 8.49. The van der Waals surface area contributed by atoms with Gasteiger partial charge in [0.25, 0.3) is 0 Å². The van der Waals surface area contributed by atoms with Crippen LogP contribution in [0.2, 0.25) is 0 Å². The molecule has 1 aromatic rings.